The van der Waals surface area contributed by atoms with E-state index in [2.05, 4.69) is 22.3 Å². The predicted octanol–water partition coefficient (Wildman–Crippen LogP) is 4.08. The zero-order valence-electron chi connectivity index (χ0n) is 16.6. The number of piperidine rings is 1. The molecule has 1 fully saturated rings. The van der Waals surface area contributed by atoms with Crippen molar-refractivity contribution in [3.05, 3.63) is 66.1 Å². The Bertz CT molecular complexity index is 947. The third kappa shape index (κ3) is 4.65. The number of aryl methyl sites for hydroxylation is 1. The number of rotatable bonds is 6. The number of hydrogen-bond donors (Lipinski definition) is 0. The summed E-state index contributed by atoms with van der Waals surface area (Å²) in [4.78, 5) is 19.1. The van der Waals surface area contributed by atoms with Crippen LogP contribution in [0.2, 0.25) is 0 Å². The van der Waals surface area contributed by atoms with E-state index in [-0.39, 0.29) is 11.8 Å². The Kier molecular flexibility index (Phi) is 5.89. The number of benzene rings is 2. The van der Waals surface area contributed by atoms with Crippen LogP contribution in [0, 0.1) is 0 Å². The van der Waals surface area contributed by atoms with Crippen LogP contribution in [-0.4, -0.2) is 41.1 Å². The molecule has 1 aromatic heterocycles. The Morgan fingerprint density at radius 3 is 2.69 bits per heavy atom. The second-order valence-electron chi connectivity index (χ2n) is 7.33. The van der Waals surface area contributed by atoms with Crippen molar-refractivity contribution in [3.63, 3.8) is 0 Å². The quantitative estimate of drug-likeness (QED) is 0.633. The number of nitrogens with zero attached hydrogens (tertiary/aromatic N) is 3. The molecule has 0 spiro atoms. The van der Waals surface area contributed by atoms with Gasteiger partial charge in [-0.1, -0.05) is 47.6 Å². The van der Waals surface area contributed by atoms with Crippen molar-refractivity contribution in [2.24, 2.45) is 0 Å². The summed E-state index contributed by atoms with van der Waals surface area (Å²) in [7, 11) is 1.63. The Morgan fingerprint density at radius 1 is 1.14 bits per heavy atom. The molecule has 1 aliphatic heterocycles. The van der Waals surface area contributed by atoms with Gasteiger partial charge in [-0.15, -0.1) is 0 Å². The second kappa shape index (κ2) is 8.90. The molecule has 0 radical (unpaired) electrons. The normalized spacial score (nSPS) is 14.7. The molecule has 2 aromatic carbocycles. The smallest absolute Gasteiger partial charge is 0.230 e. The van der Waals surface area contributed by atoms with Crippen LogP contribution < -0.4 is 4.74 Å². The van der Waals surface area contributed by atoms with Gasteiger partial charge in [0.1, 0.15) is 5.75 Å². The molecular formula is C23H25N3O3. The second-order valence-corrected chi connectivity index (χ2v) is 7.33. The number of carbonyl (C=O) groups is 1. The first-order valence-corrected chi connectivity index (χ1v) is 10.0. The van der Waals surface area contributed by atoms with Gasteiger partial charge in [0.25, 0.3) is 0 Å². The summed E-state index contributed by atoms with van der Waals surface area (Å²) in [6, 6.07) is 17.8. The minimum atomic E-state index is 0.194. The monoisotopic (exact) mass is 391 g/mol. The minimum Gasteiger partial charge on any atom is -0.497 e. The van der Waals surface area contributed by atoms with Gasteiger partial charge in [0, 0.05) is 31.0 Å². The zero-order valence-corrected chi connectivity index (χ0v) is 16.6. The van der Waals surface area contributed by atoms with Crippen LogP contribution >= 0.6 is 0 Å². The topological polar surface area (TPSA) is 68.5 Å². The fourth-order valence-electron chi connectivity index (χ4n) is 3.71. The van der Waals surface area contributed by atoms with Crippen molar-refractivity contribution < 1.29 is 14.1 Å². The number of likely N-dealkylation sites (tertiary alicyclic amines) is 1. The van der Waals surface area contributed by atoms with Gasteiger partial charge in [-0.25, -0.2) is 0 Å². The first-order valence-electron chi connectivity index (χ1n) is 10.0. The maximum absolute atomic E-state index is 12.5. The molecule has 0 N–H and O–H groups in total. The van der Waals surface area contributed by atoms with Crippen molar-refractivity contribution in [1.82, 2.24) is 15.0 Å². The largest absolute Gasteiger partial charge is 0.497 e. The Morgan fingerprint density at radius 2 is 1.93 bits per heavy atom. The summed E-state index contributed by atoms with van der Waals surface area (Å²) in [6.07, 6.45) is 3.02. The summed E-state index contributed by atoms with van der Waals surface area (Å²) < 4.78 is 10.8. The fourth-order valence-corrected chi connectivity index (χ4v) is 3.71. The van der Waals surface area contributed by atoms with Crippen molar-refractivity contribution in [3.8, 4) is 17.1 Å². The van der Waals surface area contributed by atoms with E-state index in [1.54, 1.807) is 7.11 Å². The molecule has 0 bridgehead atoms. The SMILES string of the molecule is COc1cccc(-c2noc(C3CCN(C(=O)CCc4ccccc4)CC3)n2)c1. The number of amides is 1. The highest BCUT2D eigenvalue weighted by Gasteiger charge is 2.27. The molecule has 6 heteroatoms. The first-order chi connectivity index (χ1) is 14.2. The van der Waals surface area contributed by atoms with Gasteiger partial charge >= 0.3 is 0 Å². The zero-order chi connectivity index (χ0) is 20.1. The molecule has 29 heavy (non-hydrogen) atoms. The number of ether oxygens (including phenoxy) is 1. The maximum atomic E-state index is 12.5. The number of carbonyl (C=O) groups excluding carboxylic acids is 1. The van der Waals surface area contributed by atoms with Crippen LogP contribution in [0.5, 0.6) is 5.75 Å². The third-order valence-electron chi connectivity index (χ3n) is 5.44. The average Bonchev–Trinajstić information content (AvgIpc) is 3.29. The predicted molar refractivity (Wildman–Crippen MR) is 110 cm³/mol. The molecule has 0 saturated carbocycles. The van der Waals surface area contributed by atoms with Crippen molar-refractivity contribution in [1.29, 1.82) is 0 Å². The van der Waals surface area contributed by atoms with E-state index in [0.29, 0.717) is 18.1 Å². The summed E-state index contributed by atoms with van der Waals surface area (Å²) in [5.41, 5.74) is 2.07. The van der Waals surface area contributed by atoms with Crippen LogP contribution in [0.4, 0.5) is 0 Å². The molecule has 2 heterocycles. The summed E-state index contributed by atoms with van der Waals surface area (Å²) >= 11 is 0. The molecule has 6 nitrogen and oxygen atoms in total. The molecule has 1 aliphatic rings. The molecule has 0 unspecified atom stereocenters. The lowest BCUT2D eigenvalue weighted by Gasteiger charge is -2.30. The fraction of sp³-hybridized carbons (Fsp3) is 0.348. The van der Waals surface area contributed by atoms with Crippen LogP contribution in [-0.2, 0) is 11.2 Å². The van der Waals surface area contributed by atoms with Gasteiger partial charge in [-0.3, -0.25) is 4.79 Å². The molecule has 4 rings (SSSR count). The van der Waals surface area contributed by atoms with E-state index in [1.807, 2.05) is 47.4 Å². The minimum absolute atomic E-state index is 0.194. The highest BCUT2D eigenvalue weighted by Crippen LogP contribution is 2.29. The highest BCUT2D eigenvalue weighted by atomic mass is 16.5. The number of methoxy groups -OCH3 is 1. The molecule has 150 valence electrons. The summed E-state index contributed by atoms with van der Waals surface area (Å²) in [5, 5.41) is 4.13. The van der Waals surface area contributed by atoms with Crippen molar-refractivity contribution >= 4 is 5.91 Å². The molecule has 3 aromatic rings. The lowest BCUT2D eigenvalue weighted by Crippen LogP contribution is -2.38. The number of aromatic nitrogens is 2. The van der Waals surface area contributed by atoms with Crippen LogP contribution in [0.1, 0.15) is 36.6 Å². The van der Waals surface area contributed by atoms with Gasteiger partial charge in [0.05, 0.1) is 7.11 Å². The highest BCUT2D eigenvalue weighted by molar-refractivity contribution is 5.76. The Balaban J connectivity index is 1.31. The van der Waals surface area contributed by atoms with Gasteiger partial charge in [-0.2, -0.15) is 4.98 Å². The van der Waals surface area contributed by atoms with Gasteiger partial charge < -0.3 is 14.2 Å². The van der Waals surface area contributed by atoms with E-state index in [1.165, 1.54) is 5.56 Å². The Labute approximate surface area is 170 Å². The van der Waals surface area contributed by atoms with Crippen molar-refractivity contribution in [2.75, 3.05) is 20.2 Å². The van der Waals surface area contributed by atoms with Crippen LogP contribution in [0.3, 0.4) is 0 Å². The average molecular weight is 391 g/mol. The van der Waals surface area contributed by atoms with Crippen LogP contribution in [0.25, 0.3) is 11.4 Å². The lowest BCUT2D eigenvalue weighted by atomic mass is 9.96. The van der Waals surface area contributed by atoms with E-state index >= 15 is 0 Å². The van der Waals surface area contributed by atoms with Gasteiger partial charge in [-0.05, 0) is 37.0 Å². The van der Waals surface area contributed by atoms with Gasteiger partial charge in [0.2, 0.25) is 17.6 Å². The van der Waals surface area contributed by atoms with Crippen LogP contribution in [0.15, 0.2) is 59.1 Å². The lowest BCUT2D eigenvalue weighted by molar-refractivity contribution is -0.132. The summed E-state index contributed by atoms with van der Waals surface area (Å²) in [5.74, 6) is 2.39. The van der Waals surface area contributed by atoms with Gasteiger partial charge in [0.15, 0.2) is 0 Å². The van der Waals surface area contributed by atoms with E-state index in [0.717, 1.165) is 43.7 Å². The van der Waals surface area contributed by atoms with Crippen molar-refractivity contribution in [2.45, 2.75) is 31.6 Å². The molecule has 1 saturated heterocycles. The van der Waals surface area contributed by atoms with E-state index < -0.39 is 0 Å². The third-order valence-corrected chi connectivity index (χ3v) is 5.44. The summed E-state index contributed by atoms with van der Waals surface area (Å²) in [6.45, 7) is 1.46. The molecule has 0 atom stereocenters. The molecule has 1 amide bonds. The first kappa shape index (κ1) is 19.2. The van der Waals surface area contributed by atoms with E-state index in [9.17, 15) is 4.79 Å². The standard InChI is InChI=1S/C23H25N3O3/c1-28-20-9-5-8-19(16-20)22-24-23(29-25-22)18-12-14-26(15-13-18)21(27)11-10-17-6-3-2-4-7-17/h2-9,16,18H,10-15H2,1H3. The molecular weight excluding hydrogens is 366 g/mol. The van der Waals surface area contributed by atoms with E-state index in [4.69, 9.17) is 9.26 Å². The number of hydrogen-bond acceptors (Lipinski definition) is 5. The molecule has 0 aliphatic carbocycles. The maximum Gasteiger partial charge on any atom is 0.230 e. The Hall–Kier alpha value is -3.15.